The van der Waals surface area contributed by atoms with Crippen molar-refractivity contribution in [2.24, 2.45) is 0 Å². The van der Waals surface area contributed by atoms with Crippen molar-refractivity contribution < 1.29 is 14.3 Å². The third kappa shape index (κ3) is 4.65. The van der Waals surface area contributed by atoms with E-state index >= 15 is 0 Å². The minimum Gasteiger partial charge on any atom is -0.497 e. The molecule has 0 heterocycles. The Morgan fingerprint density at radius 1 is 0.893 bits per heavy atom. The van der Waals surface area contributed by atoms with Gasteiger partial charge in [0.05, 0.1) is 18.5 Å². The number of nitrogen functional groups attached to an aromatic ring is 1. The molecule has 0 unspecified atom stereocenters. The summed E-state index contributed by atoms with van der Waals surface area (Å²) in [5, 5.41) is 2.78. The smallest absolute Gasteiger partial charge is 0.255 e. The number of nitrogens with one attached hydrogen (secondary N) is 1. The standard InChI is InChI=1S/C23H20N2O3/c1-28-19-13-11-17(12-14-19)22(26)15-8-16-6-9-18(10-7-16)23(27)25-21-5-3-2-4-20(21)24/h2-15H,24H2,1H3,(H,25,27). The Bertz CT molecular complexity index is 1010. The summed E-state index contributed by atoms with van der Waals surface area (Å²) < 4.78 is 5.08. The number of anilines is 2. The lowest BCUT2D eigenvalue weighted by molar-refractivity contribution is 0.102. The molecule has 0 fully saturated rings. The average Bonchev–Trinajstić information content (AvgIpc) is 2.74. The van der Waals surface area contributed by atoms with E-state index in [0.29, 0.717) is 28.3 Å². The lowest BCUT2D eigenvalue weighted by Crippen LogP contribution is -2.12. The number of ketones is 1. The SMILES string of the molecule is COc1ccc(C(=O)C=Cc2ccc(C(=O)Nc3ccccc3N)cc2)cc1. The summed E-state index contributed by atoms with van der Waals surface area (Å²) in [5.41, 5.74) is 8.81. The second kappa shape index (κ2) is 8.68. The number of amides is 1. The fraction of sp³-hybridized carbons (Fsp3) is 0.0435. The topological polar surface area (TPSA) is 81.4 Å². The molecule has 3 aromatic rings. The summed E-state index contributed by atoms with van der Waals surface area (Å²) in [5.74, 6) is 0.346. The first-order valence-corrected chi connectivity index (χ1v) is 8.69. The molecule has 0 spiro atoms. The largest absolute Gasteiger partial charge is 0.497 e. The number of rotatable bonds is 6. The Morgan fingerprint density at radius 2 is 1.54 bits per heavy atom. The Labute approximate surface area is 163 Å². The van der Waals surface area contributed by atoms with E-state index < -0.39 is 0 Å². The second-order valence-corrected chi connectivity index (χ2v) is 6.09. The van der Waals surface area contributed by atoms with E-state index in [9.17, 15) is 9.59 Å². The van der Waals surface area contributed by atoms with Crippen LogP contribution in [0.25, 0.3) is 6.08 Å². The zero-order valence-electron chi connectivity index (χ0n) is 15.4. The molecule has 3 rings (SSSR count). The molecule has 0 aromatic heterocycles. The molecular weight excluding hydrogens is 352 g/mol. The first kappa shape index (κ1) is 18.9. The van der Waals surface area contributed by atoms with Crippen molar-refractivity contribution in [1.82, 2.24) is 0 Å². The molecule has 0 saturated heterocycles. The van der Waals surface area contributed by atoms with Crippen LogP contribution in [0.1, 0.15) is 26.3 Å². The van der Waals surface area contributed by atoms with Gasteiger partial charge in [-0.15, -0.1) is 0 Å². The highest BCUT2D eigenvalue weighted by molar-refractivity contribution is 6.07. The number of ether oxygens (including phenoxy) is 1. The molecule has 0 atom stereocenters. The summed E-state index contributed by atoms with van der Waals surface area (Å²) in [6.07, 6.45) is 3.21. The maximum Gasteiger partial charge on any atom is 0.255 e. The molecule has 0 aliphatic heterocycles. The van der Waals surface area contributed by atoms with Crippen LogP contribution >= 0.6 is 0 Å². The molecule has 28 heavy (non-hydrogen) atoms. The first-order valence-electron chi connectivity index (χ1n) is 8.69. The minimum absolute atomic E-state index is 0.107. The van der Waals surface area contributed by atoms with Crippen LogP contribution < -0.4 is 15.8 Å². The predicted molar refractivity (Wildman–Crippen MR) is 112 cm³/mol. The lowest BCUT2D eigenvalue weighted by Gasteiger charge is -2.08. The quantitative estimate of drug-likeness (QED) is 0.381. The monoisotopic (exact) mass is 372 g/mol. The van der Waals surface area contributed by atoms with Gasteiger partial charge in [-0.25, -0.2) is 0 Å². The van der Waals surface area contributed by atoms with Crippen molar-refractivity contribution in [1.29, 1.82) is 0 Å². The van der Waals surface area contributed by atoms with Crippen LogP contribution in [0.3, 0.4) is 0 Å². The Balaban J connectivity index is 1.65. The number of carbonyl (C=O) groups excluding carboxylic acids is 2. The van der Waals surface area contributed by atoms with Crippen LogP contribution in [0.5, 0.6) is 5.75 Å². The van der Waals surface area contributed by atoms with Crippen LogP contribution in [-0.2, 0) is 0 Å². The molecule has 1 amide bonds. The predicted octanol–water partition coefficient (Wildman–Crippen LogP) is 4.43. The summed E-state index contributed by atoms with van der Waals surface area (Å²) >= 11 is 0. The molecule has 3 N–H and O–H groups in total. The number of methoxy groups -OCH3 is 1. The number of nitrogens with two attached hydrogens (primary N) is 1. The van der Waals surface area contributed by atoms with Crippen molar-refractivity contribution in [3.8, 4) is 5.75 Å². The molecule has 3 aromatic carbocycles. The highest BCUT2D eigenvalue weighted by atomic mass is 16.5. The van der Waals surface area contributed by atoms with Gasteiger partial charge in [0.2, 0.25) is 0 Å². The third-order valence-corrected chi connectivity index (χ3v) is 4.18. The van der Waals surface area contributed by atoms with Crippen molar-refractivity contribution in [2.75, 3.05) is 18.2 Å². The molecule has 0 radical (unpaired) electrons. The van der Waals surface area contributed by atoms with Gasteiger partial charge in [-0.3, -0.25) is 9.59 Å². The molecule has 0 aliphatic carbocycles. The second-order valence-electron chi connectivity index (χ2n) is 6.09. The number of benzene rings is 3. The minimum atomic E-state index is -0.247. The third-order valence-electron chi connectivity index (χ3n) is 4.18. The summed E-state index contributed by atoms with van der Waals surface area (Å²) in [6, 6.07) is 21.0. The Hall–Kier alpha value is -3.86. The average molecular weight is 372 g/mol. The van der Waals surface area contributed by atoms with Crippen LogP contribution in [0.15, 0.2) is 78.9 Å². The molecule has 0 saturated carbocycles. The zero-order valence-corrected chi connectivity index (χ0v) is 15.4. The van der Waals surface area contributed by atoms with E-state index in [1.165, 1.54) is 6.08 Å². The number of para-hydroxylation sites is 2. The van der Waals surface area contributed by atoms with Crippen molar-refractivity contribution >= 4 is 29.1 Å². The highest BCUT2D eigenvalue weighted by Gasteiger charge is 2.07. The van der Waals surface area contributed by atoms with E-state index in [1.807, 2.05) is 0 Å². The number of allylic oxidation sites excluding steroid dienone is 1. The number of hydrogen-bond acceptors (Lipinski definition) is 4. The van der Waals surface area contributed by atoms with Gasteiger partial charge in [-0.05, 0) is 60.2 Å². The van der Waals surface area contributed by atoms with Gasteiger partial charge in [-0.1, -0.05) is 30.3 Å². The van der Waals surface area contributed by atoms with Crippen molar-refractivity contribution in [3.63, 3.8) is 0 Å². The highest BCUT2D eigenvalue weighted by Crippen LogP contribution is 2.18. The molecular formula is C23H20N2O3. The Kier molecular flexibility index (Phi) is 5.87. The summed E-state index contributed by atoms with van der Waals surface area (Å²) in [7, 11) is 1.58. The van der Waals surface area contributed by atoms with Gasteiger partial charge >= 0.3 is 0 Å². The van der Waals surface area contributed by atoms with E-state index in [0.717, 1.165) is 5.56 Å². The van der Waals surface area contributed by atoms with Crippen molar-refractivity contribution in [2.45, 2.75) is 0 Å². The van der Waals surface area contributed by atoms with Gasteiger partial charge in [0.1, 0.15) is 5.75 Å². The number of carbonyl (C=O) groups is 2. The maximum absolute atomic E-state index is 12.3. The van der Waals surface area contributed by atoms with Crippen molar-refractivity contribution in [3.05, 3.63) is 95.6 Å². The van der Waals surface area contributed by atoms with Gasteiger partial charge in [0.15, 0.2) is 5.78 Å². The Morgan fingerprint density at radius 3 is 2.18 bits per heavy atom. The molecule has 0 bridgehead atoms. The van der Waals surface area contributed by atoms with Crippen LogP contribution in [0.2, 0.25) is 0 Å². The first-order chi connectivity index (χ1) is 13.6. The normalized spacial score (nSPS) is 10.6. The molecule has 5 nitrogen and oxygen atoms in total. The number of hydrogen-bond donors (Lipinski definition) is 2. The summed E-state index contributed by atoms with van der Waals surface area (Å²) in [4.78, 5) is 24.6. The van der Waals surface area contributed by atoms with Gasteiger partial charge in [-0.2, -0.15) is 0 Å². The van der Waals surface area contributed by atoms with Crippen LogP contribution in [-0.4, -0.2) is 18.8 Å². The van der Waals surface area contributed by atoms with E-state index in [4.69, 9.17) is 10.5 Å². The maximum atomic E-state index is 12.3. The van der Waals surface area contributed by atoms with Gasteiger partial charge < -0.3 is 15.8 Å². The lowest BCUT2D eigenvalue weighted by atomic mass is 10.1. The summed E-state index contributed by atoms with van der Waals surface area (Å²) in [6.45, 7) is 0. The van der Waals surface area contributed by atoms with E-state index in [-0.39, 0.29) is 11.7 Å². The zero-order chi connectivity index (χ0) is 19.9. The van der Waals surface area contributed by atoms with E-state index in [1.54, 1.807) is 86.0 Å². The molecule has 0 aliphatic rings. The van der Waals surface area contributed by atoms with Gasteiger partial charge in [0, 0.05) is 11.1 Å². The molecule has 5 heteroatoms. The molecule has 140 valence electrons. The fourth-order valence-corrected chi connectivity index (χ4v) is 2.57. The fourth-order valence-electron chi connectivity index (χ4n) is 2.57. The van der Waals surface area contributed by atoms with Crippen LogP contribution in [0.4, 0.5) is 11.4 Å². The van der Waals surface area contributed by atoms with E-state index in [2.05, 4.69) is 5.32 Å². The van der Waals surface area contributed by atoms with Gasteiger partial charge in [0.25, 0.3) is 5.91 Å². The van der Waals surface area contributed by atoms with Crippen LogP contribution in [0, 0.1) is 0 Å².